The Kier molecular flexibility index (Phi) is 4.18. The summed E-state index contributed by atoms with van der Waals surface area (Å²) in [7, 11) is -2.45. The van der Waals surface area contributed by atoms with Gasteiger partial charge < -0.3 is 14.3 Å². The van der Waals surface area contributed by atoms with Crippen LogP contribution < -0.4 is 15.8 Å². The van der Waals surface area contributed by atoms with Crippen molar-refractivity contribution in [1.29, 1.82) is 0 Å². The molecule has 0 unspecified atom stereocenters. The molecule has 0 aliphatic rings. The van der Waals surface area contributed by atoms with E-state index in [-0.39, 0.29) is 16.3 Å². The van der Waals surface area contributed by atoms with Gasteiger partial charge in [-0.25, -0.2) is 17.9 Å². The number of hydrogen-bond acceptors (Lipinski definition) is 7. The second-order valence-electron chi connectivity index (χ2n) is 5.25. The van der Waals surface area contributed by atoms with Gasteiger partial charge in [0.1, 0.15) is 5.76 Å². The number of anilines is 1. The molecule has 0 fully saturated rings. The van der Waals surface area contributed by atoms with Gasteiger partial charge in [0.15, 0.2) is 11.4 Å². The van der Waals surface area contributed by atoms with Crippen LogP contribution in [0.25, 0.3) is 11.1 Å². The fourth-order valence-electron chi connectivity index (χ4n) is 2.14. The van der Waals surface area contributed by atoms with Crippen LogP contribution in [-0.4, -0.2) is 30.6 Å². The topological polar surface area (TPSA) is 136 Å². The first kappa shape index (κ1) is 16.9. The molecule has 2 aromatic heterocycles. The summed E-state index contributed by atoms with van der Waals surface area (Å²) >= 11 is 0. The number of oxazole rings is 1. The molecule has 2 N–H and O–H groups in total. The molecule has 0 bridgehead atoms. The Bertz CT molecular complexity index is 1110. The number of benzene rings is 1. The van der Waals surface area contributed by atoms with E-state index in [0.29, 0.717) is 11.3 Å². The summed E-state index contributed by atoms with van der Waals surface area (Å²) < 4.78 is 37.7. The molecular weight excluding hydrogens is 352 g/mol. The first-order valence-electron chi connectivity index (χ1n) is 7.09. The van der Waals surface area contributed by atoms with Crippen molar-refractivity contribution in [3.8, 4) is 0 Å². The normalized spacial score (nSPS) is 11.8. The molecule has 132 valence electrons. The lowest BCUT2D eigenvalue weighted by Gasteiger charge is -2.06. The number of fused-ring (bicyclic) bond motifs is 1. The van der Waals surface area contributed by atoms with Gasteiger partial charge in [-0.2, -0.15) is 0 Å². The second-order valence-corrected chi connectivity index (χ2v) is 7.02. The zero-order valence-corrected chi connectivity index (χ0v) is 14.1. The molecule has 11 heteroatoms. The van der Waals surface area contributed by atoms with Crippen LogP contribution in [0.3, 0.4) is 0 Å². The van der Waals surface area contributed by atoms with Crippen molar-refractivity contribution in [3.63, 3.8) is 0 Å². The molecule has 3 rings (SSSR count). The minimum absolute atomic E-state index is 0.126. The molecule has 1 aromatic carbocycles. The molecular formula is C14H14N4O6S. The van der Waals surface area contributed by atoms with Gasteiger partial charge in [-0.15, -0.1) is 0 Å². The zero-order chi connectivity index (χ0) is 18.2. The molecule has 0 aliphatic carbocycles. The molecule has 0 atom stereocenters. The first-order chi connectivity index (χ1) is 11.8. The van der Waals surface area contributed by atoms with E-state index in [4.69, 9.17) is 8.94 Å². The molecule has 1 amide bonds. The standard InChI is InChI=1S/C14H14N4O6S/c1-8-5-12(17-24-8)16-13(19)7-15-25(21,22)9-3-4-10-11(6-9)23-14(20)18(10)2/h3-6,15H,7H2,1-2H3,(H,16,17,19). The van der Waals surface area contributed by atoms with E-state index in [1.807, 2.05) is 0 Å². The Hall–Kier alpha value is -2.92. The van der Waals surface area contributed by atoms with Crippen molar-refractivity contribution >= 4 is 32.8 Å². The van der Waals surface area contributed by atoms with Crippen LogP contribution in [-0.2, 0) is 21.9 Å². The summed E-state index contributed by atoms with van der Waals surface area (Å²) in [4.78, 5) is 23.1. The summed E-state index contributed by atoms with van der Waals surface area (Å²) in [6.07, 6.45) is 0. The monoisotopic (exact) mass is 366 g/mol. The maximum atomic E-state index is 12.3. The summed E-state index contributed by atoms with van der Waals surface area (Å²) in [5.74, 6) is -0.508. The van der Waals surface area contributed by atoms with Gasteiger partial charge in [0.25, 0.3) is 0 Å². The maximum Gasteiger partial charge on any atom is 0.419 e. The Morgan fingerprint density at radius 2 is 2.08 bits per heavy atom. The lowest BCUT2D eigenvalue weighted by molar-refractivity contribution is -0.115. The molecule has 0 aliphatic heterocycles. The average Bonchev–Trinajstić information content (AvgIpc) is 3.09. The van der Waals surface area contributed by atoms with E-state index >= 15 is 0 Å². The Balaban J connectivity index is 1.73. The third kappa shape index (κ3) is 3.46. The largest absolute Gasteiger partial charge is 0.419 e. The van der Waals surface area contributed by atoms with Crippen molar-refractivity contribution in [3.05, 3.63) is 40.6 Å². The number of sulfonamides is 1. The highest BCUT2D eigenvalue weighted by molar-refractivity contribution is 7.89. The molecule has 10 nitrogen and oxygen atoms in total. The predicted octanol–water partition coefficient (Wildman–Crippen LogP) is 0.345. The lowest BCUT2D eigenvalue weighted by atomic mass is 10.3. The number of carbonyl (C=O) groups excluding carboxylic acids is 1. The number of carbonyl (C=O) groups is 1. The molecule has 0 saturated heterocycles. The van der Waals surface area contributed by atoms with Crippen LogP contribution in [0.4, 0.5) is 5.82 Å². The van der Waals surface area contributed by atoms with Gasteiger partial charge in [-0.3, -0.25) is 9.36 Å². The summed E-state index contributed by atoms with van der Waals surface area (Å²) in [6, 6.07) is 5.49. The number of aromatic nitrogens is 2. The van der Waals surface area contributed by atoms with E-state index in [1.165, 1.54) is 35.9 Å². The highest BCUT2D eigenvalue weighted by Crippen LogP contribution is 2.17. The van der Waals surface area contributed by atoms with Crippen molar-refractivity contribution in [2.24, 2.45) is 7.05 Å². The van der Waals surface area contributed by atoms with Crippen molar-refractivity contribution in [2.75, 3.05) is 11.9 Å². The number of nitrogens with zero attached hydrogens (tertiary/aromatic N) is 2. The maximum absolute atomic E-state index is 12.3. The van der Waals surface area contributed by atoms with Gasteiger partial charge in [-0.1, -0.05) is 5.16 Å². The van der Waals surface area contributed by atoms with Gasteiger partial charge in [0, 0.05) is 19.2 Å². The summed E-state index contributed by atoms with van der Waals surface area (Å²) in [5.41, 5.74) is 0.598. The molecule has 25 heavy (non-hydrogen) atoms. The molecule has 0 saturated carbocycles. The number of nitrogens with one attached hydrogen (secondary N) is 2. The van der Waals surface area contributed by atoms with Crippen LogP contribution in [0.5, 0.6) is 0 Å². The third-order valence-electron chi connectivity index (χ3n) is 3.39. The fourth-order valence-corrected chi connectivity index (χ4v) is 3.13. The number of amides is 1. The third-order valence-corrected chi connectivity index (χ3v) is 4.79. The van der Waals surface area contributed by atoms with Crippen molar-refractivity contribution in [1.82, 2.24) is 14.4 Å². The van der Waals surface area contributed by atoms with E-state index < -0.39 is 28.2 Å². The molecule has 3 aromatic rings. The summed E-state index contributed by atoms with van der Waals surface area (Å²) in [5, 5.41) is 5.97. The first-order valence-corrected chi connectivity index (χ1v) is 8.57. The quantitative estimate of drug-likeness (QED) is 0.664. The lowest BCUT2D eigenvalue weighted by Crippen LogP contribution is -2.33. The van der Waals surface area contributed by atoms with Gasteiger partial charge in [0.05, 0.1) is 17.0 Å². The Morgan fingerprint density at radius 1 is 1.32 bits per heavy atom. The molecule has 2 heterocycles. The van der Waals surface area contributed by atoms with Crippen LogP contribution in [0.1, 0.15) is 5.76 Å². The highest BCUT2D eigenvalue weighted by Gasteiger charge is 2.18. The Labute approximate surface area is 141 Å². The molecule has 0 radical (unpaired) electrons. The molecule has 0 spiro atoms. The smallest absolute Gasteiger partial charge is 0.408 e. The Morgan fingerprint density at radius 3 is 2.76 bits per heavy atom. The predicted molar refractivity (Wildman–Crippen MR) is 86.5 cm³/mol. The van der Waals surface area contributed by atoms with Gasteiger partial charge in [0.2, 0.25) is 15.9 Å². The number of hydrogen-bond donors (Lipinski definition) is 2. The van der Waals surface area contributed by atoms with E-state index in [9.17, 15) is 18.0 Å². The van der Waals surface area contributed by atoms with Crippen LogP contribution in [0.15, 0.2) is 42.9 Å². The minimum Gasteiger partial charge on any atom is -0.408 e. The van der Waals surface area contributed by atoms with E-state index in [0.717, 1.165) is 0 Å². The minimum atomic E-state index is -3.96. The van der Waals surface area contributed by atoms with Gasteiger partial charge >= 0.3 is 5.76 Å². The van der Waals surface area contributed by atoms with Crippen LogP contribution >= 0.6 is 0 Å². The average molecular weight is 366 g/mol. The van der Waals surface area contributed by atoms with Crippen molar-refractivity contribution < 1.29 is 22.2 Å². The summed E-state index contributed by atoms with van der Waals surface area (Å²) in [6.45, 7) is 1.16. The number of rotatable bonds is 5. The zero-order valence-electron chi connectivity index (χ0n) is 13.3. The van der Waals surface area contributed by atoms with E-state index in [1.54, 1.807) is 6.92 Å². The van der Waals surface area contributed by atoms with E-state index in [2.05, 4.69) is 15.2 Å². The second kappa shape index (κ2) is 6.18. The fraction of sp³-hybridized carbons (Fsp3) is 0.214. The number of aryl methyl sites for hydroxylation is 2. The van der Waals surface area contributed by atoms with Gasteiger partial charge in [-0.05, 0) is 19.1 Å². The highest BCUT2D eigenvalue weighted by atomic mass is 32.2. The SMILES string of the molecule is Cc1cc(NC(=O)CNS(=O)(=O)c2ccc3c(c2)oc(=O)n3C)no1. The van der Waals surface area contributed by atoms with Crippen LogP contribution in [0, 0.1) is 6.92 Å². The van der Waals surface area contributed by atoms with Crippen LogP contribution in [0.2, 0.25) is 0 Å². The van der Waals surface area contributed by atoms with Crippen molar-refractivity contribution in [2.45, 2.75) is 11.8 Å².